The summed E-state index contributed by atoms with van der Waals surface area (Å²) in [7, 11) is 1.63. The van der Waals surface area contributed by atoms with E-state index in [1.807, 2.05) is 29.2 Å². The Morgan fingerprint density at radius 1 is 1.41 bits per heavy atom. The van der Waals surface area contributed by atoms with Gasteiger partial charge in [-0.15, -0.1) is 0 Å². The van der Waals surface area contributed by atoms with Crippen molar-refractivity contribution >= 4 is 11.7 Å². The van der Waals surface area contributed by atoms with Crippen molar-refractivity contribution in [3.8, 4) is 5.75 Å². The average Bonchev–Trinajstić information content (AvgIpc) is 2.99. The highest BCUT2D eigenvalue weighted by Crippen LogP contribution is 2.50. The van der Waals surface area contributed by atoms with E-state index in [1.54, 1.807) is 7.11 Å². The van der Waals surface area contributed by atoms with Gasteiger partial charge >= 0.3 is 5.97 Å². The van der Waals surface area contributed by atoms with Crippen LogP contribution >= 0.6 is 0 Å². The molecule has 3 rings (SSSR count). The number of carboxylic acids is 1. The summed E-state index contributed by atoms with van der Waals surface area (Å²) < 4.78 is 5.10. The number of hydrogen-bond acceptors (Lipinski definition) is 3. The van der Waals surface area contributed by atoms with Crippen LogP contribution in [0, 0.1) is 11.8 Å². The Bertz CT molecular complexity index is 442. The molecule has 0 aromatic heterocycles. The zero-order valence-electron chi connectivity index (χ0n) is 9.67. The zero-order valence-corrected chi connectivity index (χ0v) is 9.67. The molecule has 1 N–H and O–H groups in total. The number of carboxylic acid groups (broad SMARTS) is 1. The summed E-state index contributed by atoms with van der Waals surface area (Å²) in [5.41, 5.74) is 0.977. The van der Waals surface area contributed by atoms with Crippen LogP contribution < -0.4 is 9.64 Å². The molecular weight excluding hydrogens is 218 g/mol. The lowest BCUT2D eigenvalue weighted by Crippen LogP contribution is -2.39. The van der Waals surface area contributed by atoms with Crippen molar-refractivity contribution in [3.63, 3.8) is 0 Å². The van der Waals surface area contributed by atoms with E-state index in [0.717, 1.165) is 24.4 Å². The van der Waals surface area contributed by atoms with Crippen molar-refractivity contribution in [1.29, 1.82) is 0 Å². The fraction of sp³-hybridized carbons (Fsp3) is 0.462. The van der Waals surface area contributed by atoms with Gasteiger partial charge in [-0.2, -0.15) is 0 Å². The van der Waals surface area contributed by atoms with Crippen LogP contribution in [0.25, 0.3) is 0 Å². The third-order valence-corrected chi connectivity index (χ3v) is 3.81. The minimum atomic E-state index is -0.703. The lowest BCUT2D eigenvalue weighted by molar-refractivity contribution is -0.138. The van der Waals surface area contributed by atoms with Crippen molar-refractivity contribution in [2.75, 3.05) is 18.6 Å². The highest BCUT2D eigenvalue weighted by atomic mass is 16.5. The van der Waals surface area contributed by atoms with Gasteiger partial charge in [-0.05, 0) is 42.5 Å². The minimum absolute atomic E-state index is 0.339. The molecule has 4 nitrogen and oxygen atoms in total. The van der Waals surface area contributed by atoms with Crippen LogP contribution in [0.1, 0.15) is 6.42 Å². The molecule has 1 aliphatic heterocycles. The van der Waals surface area contributed by atoms with Gasteiger partial charge < -0.3 is 14.7 Å². The lowest BCUT2D eigenvalue weighted by Gasteiger charge is -2.26. The van der Waals surface area contributed by atoms with Gasteiger partial charge in [-0.25, -0.2) is 4.79 Å². The van der Waals surface area contributed by atoms with Crippen LogP contribution in [-0.2, 0) is 4.79 Å². The largest absolute Gasteiger partial charge is 0.497 e. The van der Waals surface area contributed by atoms with Crippen LogP contribution in [0.15, 0.2) is 24.3 Å². The summed E-state index contributed by atoms with van der Waals surface area (Å²) in [5.74, 6) is 1.03. The number of methoxy groups -OCH3 is 1. The first-order valence-electron chi connectivity index (χ1n) is 5.84. The van der Waals surface area contributed by atoms with E-state index >= 15 is 0 Å². The standard InChI is InChI=1S/C13H15NO3/c1-17-10-4-2-9(3-5-10)14-7-8-6-11(8)12(14)13(15)16/h2-5,8,11-12H,6-7H2,1H3,(H,15,16). The predicted octanol–water partition coefficient (Wildman–Crippen LogP) is 1.60. The Hall–Kier alpha value is -1.71. The number of rotatable bonds is 3. The average molecular weight is 233 g/mol. The van der Waals surface area contributed by atoms with Crippen LogP contribution in [0.4, 0.5) is 5.69 Å². The van der Waals surface area contributed by atoms with Gasteiger partial charge in [0.05, 0.1) is 7.11 Å². The molecule has 2 aliphatic rings. The number of benzene rings is 1. The van der Waals surface area contributed by atoms with Crippen molar-refractivity contribution in [2.24, 2.45) is 11.8 Å². The van der Waals surface area contributed by atoms with Crippen LogP contribution in [-0.4, -0.2) is 30.8 Å². The normalized spacial score (nSPS) is 29.9. The number of piperidine rings is 1. The van der Waals surface area contributed by atoms with Gasteiger partial charge in [-0.3, -0.25) is 0 Å². The Kier molecular flexibility index (Phi) is 2.24. The van der Waals surface area contributed by atoms with Gasteiger partial charge in [-0.1, -0.05) is 0 Å². The molecule has 1 aromatic rings. The molecule has 3 unspecified atom stereocenters. The molecule has 0 amide bonds. The molecule has 90 valence electrons. The molecule has 0 spiro atoms. The number of ether oxygens (including phenoxy) is 1. The van der Waals surface area contributed by atoms with Crippen molar-refractivity contribution in [3.05, 3.63) is 24.3 Å². The predicted molar refractivity (Wildman–Crippen MR) is 63.4 cm³/mol. The van der Waals surface area contributed by atoms with Gasteiger partial charge in [0.15, 0.2) is 0 Å². The lowest BCUT2D eigenvalue weighted by atomic mass is 10.1. The number of carbonyl (C=O) groups is 1. The second kappa shape index (κ2) is 3.65. The Balaban J connectivity index is 1.85. The highest BCUT2D eigenvalue weighted by Gasteiger charge is 2.55. The van der Waals surface area contributed by atoms with Crippen molar-refractivity contribution in [2.45, 2.75) is 12.5 Å². The molecule has 3 atom stereocenters. The fourth-order valence-electron chi connectivity index (χ4n) is 2.82. The summed E-state index contributed by atoms with van der Waals surface area (Å²) in [6.45, 7) is 0.869. The van der Waals surface area contributed by atoms with Gasteiger partial charge in [0, 0.05) is 12.2 Å². The summed E-state index contributed by atoms with van der Waals surface area (Å²) >= 11 is 0. The second-order valence-electron chi connectivity index (χ2n) is 4.79. The van der Waals surface area contributed by atoms with E-state index < -0.39 is 5.97 Å². The topological polar surface area (TPSA) is 49.8 Å². The highest BCUT2D eigenvalue weighted by molar-refractivity contribution is 5.80. The summed E-state index contributed by atoms with van der Waals surface area (Å²) in [4.78, 5) is 13.3. The monoisotopic (exact) mass is 233 g/mol. The molecule has 0 bridgehead atoms. The van der Waals surface area contributed by atoms with Crippen LogP contribution in [0.2, 0.25) is 0 Å². The first-order valence-corrected chi connectivity index (χ1v) is 5.84. The molecule has 0 radical (unpaired) electrons. The Morgan fingerprint density at radius 3 is 2.71 bits per heavy atom. The molecule has 1 saturated heterocycles. The van der Waals surface area contributed by atoms with Gasteiger partial charge in [0.1, 0.15) is 11.8 Å². The number of fused-ring (bicyclic) bond motifs is 1. The third kappa shape index (κ3) is 1.64. The van der Waals surface area contributed by atoms with Gasteiger partial charge in [0.2, 0.25) is 0 Å². The molecule has 1 saturated carbocycles. The van der Waals surface area contributed by atoms with Crippen LogP contribution in [0.5, 0.6) is 5.75 Å². The van der Waals surface area contributed by atoms with Crippen LogP contribution in [0.3, 0.4) is 0 Å². The summed E-state index contributed by atoms with van der Waals surface area (Å²) in [6.07, 6.45) is 1.07. The molecule has 1 aromatic carbocycles. The van der Waals surface area contributed by atoms with E-state index in [1.165, 1.54) is 0 Å². The van der Waals surface area contributed by atoms with E-state index in [-0.39, 0.29) is 6.04 Å². The maximum atomic E-state index is 11.3. The van der Waals surface area contributed by atoms with E-state index in [2.05, 4.69) is 0 Å². The van der Waals surface area contributed by atoms with Crippen molar-refractivity contribution in [1.82, 2.24) is 0 Å². The smallest absolute Gasteiger partial charge is 0.326 e. The zero-order chi connectivity index (χ0) is 12.0. The van der Waals surface area contributed by atoms with E-state index in [0.29, 0.717) is 11.8 Å². The molecule has 1 heterocycles. The molecule has 1 aliphatic carbocycles. The van der Waals surface area contributed by atoms with Crippen molar-refractivity contribution < 1.29 is 14.6 Å². The number of nitrogens with zero attached hydrogens (tertiary/aromatic N) is 1. The first kappa shape index (κ1) is 10.4. The van der Waals surface area contributed by atoms with Gasteiger partial charge in [0.25, 0.3) is 0 Å². The summed E-state index contributed by atoms with van der Waals surface area (Å²) in [5, 5.41) is 9.28. The number of hydrogen-bond donors (Lipinski definition) is 1. The maximum Gasteiger partial charge on any atom is 0.326 e. The second-order valence-corrected chi connectivity index (χ2v) is 4.79. The number of aliphatic carboxylic acids is 1. The van der Waals surface area contributed by atoms with E-state index in [4.69, 9.17) is 4.74 Å². The quantitative estimate of drug-likeness (QED) is 0.861. The maximum absolute atomic E-state index is 11.3. The molecular formula is C13H15NO3. The minimum Gasteiger partial charge on any atom is -0.497 e. The fourth-order valence-corrected chi connectivity index (χ4v) is 2.82. The molecule has 4 heteroatoms. The van der Waals surface area contributed by atoms with E-state index in [9.17, 15) is 9.90 Å². The Morgan fingerprint density at radius 2 is 2.12 bits per heavy atom. The first-order chi connectivity index (χ1) is 8.20. The summed E-state index contributed by atoms with van der Waals surface area (Å²) in [6, 6.07) is 7.27. The number of anilines is 1. The molecule has 2 fully saturated rings. The third-order valence-electron chi connectivity index (χ3n) is 3.81. The molecule has 17 heavy (non-hydrogen) atoms. The SMILES string of the molecule is COc1ccc(N2CC3CC3C2C(=O)O)cc1. The Labute approximate surface area is 99.8 Å².